The number of hydrogen-bond donors (Lipinski definition) is 2. The fourth-order valence-electron chi connectivity index (χ4n) is 4.47. The third-order valence-corrected chi connectivity index (χ3v) is 8.54. The maximum absolute atomic E-state index is 13.1. The molecule has 0 atom stereocenters. The molecular weight excluding hydrogens is 498 g/mol. The van der Waals surface area contributed by atoms with Gasteiger partial charge in [0, 0.05) is 65.0 Å². The number of sulfonamides is 1. The first kappa shape index (κ1) is 27.0. The van der Waals surface area contributed by atoms with Crippen molar-refractivity contribution in [2.24, 2.45) is 13.0 Å². The van der Waals surface area contributed by atoms with Crippen LogP contribution in [0.25, 0.3) is 11.2 Å². The molecule has 2 aromatic heterocycles. The van der Waals surface area contributed by atoms with E-state index in [2.05, 4.69) is 15.2 Å². The second-order valence-corrected chi connectivity index (χ2v) is 11.9. The van der Waals surface area contributed by atoms with Gasteiger partial charge in [-0.1, -0.05) is 13.8 Å². The van der Waals surface area contributed by atoms with Crippen LogP contribution in [0.5, 0.6) is 5.75 Å². The summed E-state index contributed by atoms with van der Waals surface area (Å²) in [7, 11) is -0.228. The van der Waals surface area contributed by atoms with Gasteiger partial charge in [0.05, 0.1) is 11.2 Å². The second kappa shape index (κ2) is 10.8. The van der Waals surface area contributed by atoms with Gasteiger partial charge in [-0.2, -0.15) is 4.31 Å². The third kappa shape index (κ3) is 5.49. The molecule has 1 saturated heterocycles. The van der Waals surface area contributed by atoms with E-state index in [1.807, 2.05) is 20.9 Å². The molecule has 3 heterocycles. The van der Waals surface area contributed by atoms with Crippen molar-refractivity contribution in [1.29, 1.82) is 0 Å². The highest BCUT2D eigenvalue weighted by Crippen LogP contribution is 2.24. The SMILES string of the molecule is CC(C)Cn1c(=O)n(C)c(=O)c2c1ncn2CCNCc1cc(S(=O)(=O)N2CCN(C)CC2)ccc1O. The van der Waals surface area contributed by atoms with Crippen LogP contribution in [0.3, 0.4) is 0 Å². The molecule has 4 rings (SSSR count). The summed E-state index contributed by atoms with van der Waals surface area (Å²) in [6.45, 7) is 7.69. The molecule has 0 unspecified atom stereocenters. The highest BCUT2D eigenvalue weighted by Gasteiger charge is 2.28. The average Bonchev–Trinajstić information content (AvgIpc) is 3.28. The van der Waals surface area contributed by atoms with Crippen LogP contribution in [0.2, 0.25) is 0 Å². The second-order valence-electron chi connectivity index (χ2n) is 9.94. The Hall–Kier alpha value is -3.00. The Labute approximate surface area is 215 Å². The number of fused-ring (bicyclic) bond motifs is 1. The van der Waals surface area contributed by atoms with Crippen molar-refractivity contribution in [2.75, 3.05) is 39.8 Å². The van der Waals surface area contributed by atoms with Crippen LogP contribution in [0.15, 0.2) is 39.0 Å². The van der Waals surface area contributed by atoms with Crippen molar-refractivity contribution in [3.63, 3.8) is 0 Å². The van der Waals surface area contributed by atoms with Crippen molar-refractivity contribution >= 4 is 21.2 Å². The molecule has 2 N–H and O–H groups in total. The minimum Gasteiger partial charge on any atom is -0.508 e. The summed E-state index contributed by atoms with van der Waals surface area (Å²) in [6.07, 6.45) is 1.55. The number of likely N-dealkylation sites (N-methyl/N-ethyl adjacent to an activating group) is 1. The van der Waals surface area contributed by atoms with E-state index >= 15 is 0 Å². The number of imidazole rings is 1. The van der Waals surface area contributed by atoms with Gasteiger partial charge in [0.25, 0.3) is 5.56 Å². The van der Waals surface area contributed by atoms with Crippen molar-refractivity contribution in [3.05, 3.63) is 50.9 Å². The Balaban J connectivity index is 1.47. The number of nitrogens with one attached hydrogen (secondary N) is 1. The summed E-state index contributed by atoms with van der Waals surface area (Å²) in [5.74, 6) is 0.207. The largest absolute Gasteiger partial charge is 0.508 e. The van der Waals surface area contributed by atoms with Gasteiger partial charge in [0.15, 0.2) is 11.2 Å². The lowest BCUT2D eigenvalue weighted by Crippen LogP contribution is -2.47. The van der Waals surface area contributed by atoms with E-state index in [1.54, 1.807) is 10.9 Å². The third-order valence-electron chi connectivity index (χ3n) is 6.64. The number of piperazine rings is 1. The summed E-state index contributed by atoms with van der Waals surface area (Å²) in [4.78, 5) is 32.0. The maximum Gasteiger partial charge on any atom is 0.332 e. The van der Waals surface area contributed by atoms with Gasteiger partial charge in [-0.05, 0) is 31.2 Å². The minimum absolute atomic E-state index is 0.00415. The van der Waals surface area contributed by atoms with E-state index < -0.39 is 21.3 Å². The molecule has 202 valence electrons. The van der Waals surface area contributed by atoms with Crippen molar-refractivity contribution in [1.82, 2.24) is 33.2 Å². The average molecular weight is 534 g/mol. The highest BCUT2D eigenvalue weighted by atomic mass is 32.2. The van der Waals surface area contributed by atoms with Gasteiger partial charge in [0.2, 0.25) is 10.0 Å². The Morgan fingerprint density at radius 2 is 1.81 bits per heavy atom. The molecule has 13 heteroatoms. The molecule has 12 nitrogen and oxygen atoms in total. The van der Waals surface area contributed by atoms with Crippen LogP contribution in [0.4, 0.5) is 0 Å². The summed E-state index contributed by atoms with van der Waals surface area (Å²) < 4.78 is 32.0. The number of phenols is 1. The lowest BCUT2D eigenvalue weighted by atomic mass is 10.2. The fourth-order valence-corrected chi connectivity index (χ4v) is 5.94. The van der Waals surface area contributed by atoms with Crippen molar-refractivity contribution in [2.45, 2.75) is 38.4 Å². The first-order chi connectivity index (χ1) is 17.5. The van der Waals surface area contributed by atoms with Crippen LogP contribution in [0.1, 0.15) is 19.4 Å². The normalized spacial score (nSPS) is 15.7. The minimum atomic E-state index is -3.65. The van der Waals surface area contributed by atoms with E-state index in [0.717, 1.165) is 4.57 Å². The number of nitrogens with zero attached hydrogens (tertiary/aromatic N) is 6. The topological polar surface area (TPSA) is 135 Å². The molecule has 0 bridgehead atoms. The zero-order chi connectivity index (χ0) is 26.9. The summed E-state index contributed by atoms with van der Waals surface area (Å²) in [6, 6.07) is 4.33. The standard InChI is InChI=1S/C24H35N7O5S/c1-17(2)15-31-22-21(23(33)28(4)24(31)34)29(16-26-22)8-7-25-14-18-13-19(5-6-20(18)32)37(35,36)30-11-9-27(3)10-12-30/h5-6,13,16-17,25,32H,7-12,14-15H2,1-4H3. The zero-order valence-electron chi connectivity index (χ0n) is 21.7. The zero-order valence-corrected chi connectivity index (χ0v) is 22.5. The van der Waals surface area contributed by atoms with Crippen LogP contribution < -0.4 is 16.6 Å². The summed E-state index contributed by atoms with van der Waals surface area (Å²) in [5.41, 5.74) is 0.384. The Kier molecular flexibility index (Phi) is 7.88. The molecule has 1 aliphatic heterocycles. The van der Waals surface area contributed by atoms with Gasteiger partial charge in [0.1, 0.15) is 5.75 Å². The predicted molar refractivity (Wildman–Crippen MR) is 140 cm³/mol. The highest BCUT2D eigenvalue weighted by molar-refractivity contribution is 7.89. The monoisotopic (exact) mass is 533 g/mol. The Morgan fingerprint density at radius 3 is 2.49 bits per heavy atom. The molecule has 1 aromatic carbocycles. The van der Waals surface area contributed by atoms with Crippen molar-refractivity contribution in [3.8, 4) is 5.75 Å². The van der Waals surface area contributed by atoms with Crippen LogP contribution in [-0.2, 0) is 36.7 Å². The number of rotatable bonds is 9. The lowest BCUT2D eigenvalue weighted by Gasteiger charge is -2.31. The summed E-state index contributed by atoms with van der Waals surface area (Å²) >= 11 is 0. The van der Waals surface area contributed by atoms with Gasteiger partial charge >= 0.3 is 5.69 Å². The van der Waals surface area contributed by atoms with E-state index in [1.165, 1.54) is 34.1 Å². The number of hydrogen-bond acceptors (Lipinski definition) is 8. The Bertz CT molecular complexity index is 1500. The molecule has 1 fully saturated rings. The van der Waals surface area contributed by atoms with Crippen LogP contribution in [0, 0.1) is 5.92 Å². The summed E-state index contributed by atoms with van der Waals surface area (Å²) in [5, 5.41) is 13.5. The van der Waals surface area contributed by atoms with Gasteiger partial charge in [-0.25, -0.2) is 18.2 Å². The van der Waals surface area contributed by atoms with Gasteiger partial charge in [-0.3, -0.25) is 13.9 Å². The van der Waals surface area contributed by atoms with E-state index in [0.29, 0.717) is 62.5 Å². The molecule has 1 aliphatic rings. The first-order valence-electron chi connectivity index (χ1n) is 12.4. The number of benzene rings is 1. The smallest absolute Gasteiger partial charge is 0.332 e. The lowest BCUT2D eigenvalue weighted by molar-refractivity contribution is 0.222. The molecule has 0 radical (unpaired) electrons. The predicted octanol–water partition coefficient (Wildman–Crippen LogP) is -0.0158. The van der Waals surface area contributed by atoms with Crippen LogP contribution in [-0.4, -0.2) is 81.2 Å². The molecular formula is C24H35N7O5S. The van der Waals surface area contributed by atoms with Gasteiger partial charge in [-0.15, -0.1) is 0 Å². The fraction of sp³-hybridized carbons (Fsp3) is 0.542. The quantitative estimate of drug-likeness (QED) is 0.367. The number of aromatic nitrogens is 4. The van der Waals surface area contributed by atoms with Crippen LogP contribution >= 0.6 is 0 Å². The van der Waals surface area contributed by atoms with Gasteiger partial charge < -0.3 is 19.9 Å². The van der Waals surface area contributed by atoms with E-state index in [9.17, 15) is 23.1 Å². The van der Waals surface area contributed by atoms with E-state index in [4.69, 9.17) is 0 Å². The first-order valence-corrected chi connectivity index (χ1v) is 13.8. The maximum atomic E-state index is 13.1. The molecule has 0 amide bonds. The Morgan fingerprint density at radius 1 is 1.11 bits per heavy atom. The molecule has 3 aromatic rings. The molecule has 0 saturated carbocycles. The number of aromatic hydroxyl groups is 1. The van der Waals surface area contributed by atoms with Crippen molar-refractivity contribution < 1.29 is 13.5 Å². The molecule has 0 aliphatic carbocycles. The van der Waals surface area contributed by atoms with E-state index in [-0.39, 0.29) is 23.1 Å². The number of phenolic OH excluding ortho intramolecular Hbond substituents is 1. The molecule has 37 heavy (non-hydrogen) atoms. The molecule has 0 spiro atoms.